The topological polar surface area (TPSA) is 42.1 Å². The molecule has 1 heterocycles. The molecule has 0 aliphatic carbocycles. The molecule has 3 nitrogen and oxygen atoms in total. The summed E-state index contributed by atoms with van der Waals surface area (Å²) in [6, 6.07) is 12.4. The van der Waals surface area contributed by atoms with Gasteiger partial charge in [-0.05, 0) is 44.5 Å². The van der Waals surface area contributed by atoms with Gasteiger partial charge in [-0.25, -0.2) is 0 Å². The van der Waals surface area contributed by atoms with Crippen molar-refractivity contribution in [2.24, 2.45) is 5.73 Å². The molecule has 0 bridgehead atoms. The molecule has 100 valence electrons. The summed E-state index contributed by atoms with van der Waals surface area (Å²) in [5.41, 5.74) is 10.3. The van der Waals surface area contributed by atoms with Gasteiger partial charge in [0.25, 0.3) is 0 Å². The maximum absolute atomic E-state index is 5.83. The summed E-state index contributed by atoms with van der Waals surface area (Å²) < 4.78 is 0. The zero-order valence-electron chi connectivity index (χ0n) is 11.8. The summed E-state index contributed by atoms with van der Waals surface area (Å²) in [7, 11) is 0. The lowest BCUT2D eigenvalue weighted by molar-refractivity contribution is 0.780. The Balaban J connectivity index is 2.35. The Morgan fingerprint density at radius 3 is 2.47 bits per heavy atom. The molecule has 1 aromatic carbocycles. The minimum atomic E-state index is -0.0254. The second-order valence-corrected chi connectivity index (χ2v) is 4.76. The SMILES string of the molecule is CCN(c1ccc(C(C)N)nc1)c1ccccc1C. The molecule has 0 fully saturated rings. The summed E-state index contributed by atoms with van der Waals surface area (Å²) >= 11 is 0. The molecule has 1 aromatic heterocycles. The molecular formula is C16H21N3. The molecule has 0 saturated carbocycles. The largest absolute Gasteiger partial charge is 0.340 e. The number of nitrogens with zero attached hydrogens (tertiary/aromatic N) is 2. The molecule has 0 spiro atoms. The lowest BCUT2D eigenvalue weighted by Crippen LogP contribution is -2.17. The minimum absolute atomic E-state index is 0.0254. The molecule has 2 rings (SSSR count). The number of pyridine rings is 1. The first-order valence-electron chi connectivity index (χ1n) is 6.68. The van der Waals surface area contributed by atoms with Crippen LogP contribution in [0.4, 0.5) is 11.4 Å². The van der Waals surface area contributed by atoms with Gasteiger partial charge in [-0.2, -0.15) is 0 Å². The van der Waals surface area contributed by atoms with Gasteiger partial charge in [0, 0.05) is 18.3 Å². The quantitative estimate of drug-likeness (QED) is 0.908. The van der Waals surface area contributed by atoms with Gasteiger partial charge in [-0.1, -0.05) is 18.2 Å². The molecule has 2 N–H and O–H groups in total. The van der Waals surface area contributed by atoms with Crippen LogP contribution in [0.25, 0.3) is 0 Å². The van der Waals surface area contributed by atoms with E-state index in [1.165, 1.54) is 11.3 Å². The van der Waals surface area contributed by atoms with Crippen molar-refractivity contribution in [2.75, 3.05) is 11.4 Å². The third-order valence-corrected chi connectivity index (χ3v) is 3.27. The van der Waals surface area contributed by atoms with Crippen molar-refractivity contribution in [3.05, 3.63) is 53.9 Å². The number of hydrogen-bond donors (Lipinski definition) is 1. The average molecular weight is 255 g/mol. The monoisotopic (exact) mass is 255 g/mol. The second-order valence-electron chi connectivity index (χ2n) is 4.76. The molecule has 0 amide bonds. The number of hydrogen-bond acceptors (Lipinski definition) is 3. The molecule has 19 heavy (non-hydrogen) atoms. The van der Waals surface area contributed by atoms with E-state index >= 15 is 0 Å². The number of benzene rings is 1. The molecule has 3 heteroatoms. The van der Waals surface area contributed by atoms with Gasteiger partial charge in [-0.3, -0.25) is 4.98 Å². The molecule has 1 unspecified atom stereocenters. The van der Waals surface area contributed by atoms with Gasteiger partial charge in [0.15, 0.2) is 0 Å². The van der Waals surface area contributed by atoms with E-state index in [0.29, 0.717) is 0 Å². The Morgan fingerprint density at radius 2 is 1.95 bits per heavy atom. The lowest BCUT2D eigenvalue weighted by Gasteiger charge is -2.25. The van der Waals surface area contributed by atoms with E-state index < -0.39 is 0 Å². The Hall–Kier alpha value is -1.87. The third kappa shape index (κ3) is 2.93. The lowest BCUT2D eigenvalue weighted by atomic mass is 10.1. The number of aryl methyl sites for hydroxylation is 1. The van der Waals surface area contributed by atoms with Crippen LogP contribution in [0.15, 0.2) is 42.6 Å². The fraction of sp³-hybridized carbons (Fsp3) is 0.312. The first-order chi connectivity index (χ1) is 9.13. The number of aromatic nitrogens is 1. The van der Waals surface area contributed by atoms with Crippen LogP contribution in [-0.2, 0) is 0 Å². The van der Waals surface area contributed by atoms with Crippen LogP contribution in [0.3, 0.4) is 0 Å². The molecule has 0 saturated heterocycles. The summed E-state index contributed by atoms with van der Waals surface area (Å²) in [6.45, 7) is 7.12. The van der Waals surface area contributed by atoms with Crippen LogP contribution in [0.5, 0.6) is 0 Å². The van der Waals surface area contributed by atoms with E-state index in [1.807, 2.05) is 19.2 Å². The molecule has 0 aliphatic heterocycles. The van der Waals surface area contributed by atoms with Crippen LogP contribution in [0.2, 0.25) is 0 Å². The molecule has 0 aliphatic rings. The summed E-state index contributed by atoms with van der Waals surface area (Å²) in [5.74, 6) is 0. The Labute approximate surface area is 115 Å². The van der Waals surface area contributed by atoms with Crippen molar-refractivity contribution >= 4 is 11.4 Å². The first kappa shape index (κ1) is 13.6. The Bertz CT molecular complexity index is 532. The highest BCUT2D eigenvalue weighted by Gasteiger charge is 2.10. The van der Waals surface area contributed by atoms with Crippen LogP contribution in [0, 0.1) is 6.92 Å². The Kier molecular flexibility index (Phi) is 4.17. The van der Waals surface area contributed by atoms with Crippen molar-refractivity contribution in [3.63, 3.8) is 0 Å². The number of rotatable bonds is 4. The normalized spacial score (nSPS) is 12.2. The van der Waals surface area contributed by atoms with Crippen LogP contribution in [0.1, 0.15) is 31.1 Å². The second kappa shape index (κ2) is 5.85. The molecular weight excluding hydrogens is 234 g/mol. The molecule has 1 atom stereocenters. The summed E-state index contributed by atoms with van der Waals surface area (Å²) in [4.78, 5) is 6.69. The van der Waals surface area contributed by atoms with E-state index in [0.717, 1.165) is 17.9 Å². The van der Waals surface area contributed by atoms with Crippen molar-refractivity contribution in [3.8, 4) is 0 Å². The first-order valence-corrected chi connectivity index (χ1v) is 6.68. The van der Waals surface area contributed by atoms with E-state index in [-0.39, 0.29) is 6.04 Å². The fourth-order valence-corrected chi connectivity index (χ4v) is 2.18. The van der Waals surface area contributed by atoms with Gasteiger partial charge < -0.3 is 10.6 Å². The van der Waals surface area contributed by atoms with E-state index in [4.69, 9.17) is 5.73 Å². The predicted molar refractivity (Wildman–Crippen MR) is 80.7 cm³/mol. The van der Waals surface area contributed by atoms with Gasteiger partial charge in [0.1, 0.15) is 0 Å². The summed E-state index contributed by atoms with van der Waals surface area (Å²) in [5, 5.41) is 0. The van der Waals surface area contributed by atoms with Crippen LogP contribution < -0.4 is 10.6 Å². The summed E-state index contributed by atoms with van der Waals surface area (Å²) in [6.07, 6.45) is 1.90. The fourth-order valence-electron chi connectivity index (χ4n) is 2.18. The van der Waals surface area contributed by atoms with Gasteiger partial charge in [0.2, 0.25) is 0 Å². The average Bonchev–Trinajstić information content (AvgIpc) is 2.42. The van der Waals surface area contributed by atoms with Crippen molar-refractivity contribution in [1.29, 1.82) is 0 Å². The van der Waals surface area contributed by atoms with Gasteiger partial charge in [-0.15, -0.1) is 0 Å². The number of nitrogens with two attached hydrogens (primary N) is 1. The highest BCUT2D eigenvalue weighted by atomic mass is 15.1. The smallest absolute Gasteiger partial charge is 0.0597 e. The van der Waals surface area contributed by atoms with E-state index in [9.17, 15) is 0 Å². The van der Waals surface area contributed by atoms with Gasteiger partial charge >= 0.3 is 0 Å². The molecule has 0 radical (unpaired) electrons. The van der Waals surface area contributed by atoms with E-state index in [1.54, 1.807) is 0 Å². The zero-order valence-corrected chi connectivity index (χ0v) is 11.8. The van der Waals surface area contributed by atoms with Crippen LogP contribution >= 0.6 is 0 Å². The predicted octanol–water partition coefficient (Wildman–Crippen LogP) is 3.57. The highest BCUT2D eigenvalue weighted by Crippen LogP contribution is 2.27. The highest BCUT2D eigenvalue weighted by molar-refractivity contribution is 5.65. The van der Waals surface area contributed by atoms with Crippen molar-refractivity contribution in [1.82, 2.24) is 4.98 Å². The zero-order chi connectivity index (χ0) is 13.8. The standard InChI is InChI=1S/C16H21N3/c1-4-19(16-8-6-5-7-12(16)2)14-9-10-15(13(3)17)18-11-14/h5-11,13H,4,17H2,1-3H3. The van der Waals surface area contributed by atoms with Crippen molar-refractivity contribution < 1.29 is 0 Å². The van der Waals surface area contributed by atoms with Crippen LogP contribution in [-0.4, -0.2) is 11.5 Å². The van der Waals surface area contributed by atoms with E-state index in [2.05, 4.69) is 54.1 Å². The van der Waals surface area contributed by atoms with Gasteiger partial charge in [0.05, 0.1) is 17.6 Å². The maximum atomic E-state index is 5.83. The molecule has 2 aromatic rings. The maximum Gasteiger partial charge on any atom is 0.0597 e. The third-order valence-electron chi connectivity index (χ3n) is 3.27. The Morgan fingerprint density at radius 1 is 1.21 bits per heavy atom. The van der Waals surface area contributed by atoms with Crippen molar-refractivity contribution in [2.45, 2.75) is 26.8 Å². The number of anilines is 2. The minimum Gasteiger partial charge on any atom is -0.340 e. The number of para-hydroxylation sites is 1.